The summed E-state index contributed by atoms with van der Waals surface area (Å²) in [6, 6.07) is 14.5. The van der Waals surface area contributed by atoms with Gasteiger partial charge in [0.05, 0.1) is 11.0 Å². The molecule has 1 heterocycles. The van der Waals surface area contributed by atoms with Crippen molar-refractivity contribution >= 4 is 29.6 Å². The van der Waals surface area contributed by atoms with Crippen molar-refractivity contribution < 1.29 is 10.0 Å². The highest BCUT2D eigenvalue weighted by molar-refractivity contribution is 6.58. The predicted octanol–water partition coefficient (Wildman–Crippen LogP) is 0.287. The van der Waals surface area contributed by atoms with Gasteiger partial charge in [0.2, 0.25) is 5.95 Å². The second-order valence-electron chi connectivity index (χ2n) is 4.26. The topological polar surface area (TPSA) is 84.3 Å². The van der Waals surface area contributed by atoms with Gasteiger partial charge in [-0.15, -0.1) is 0 Å². The Kier molecular flexibility index (Phi) is 2.74. The van der Waals surface area contributed by atoms with E-state index in [0.29, 0.717) is 11.4 Å². The van der Waals surface area contributed by atoms with Crippen molar-refractivity contribution in [2.24, 2.45) is 0 Å². The normalized spacial score (nSPS) is 10.8. The molecule has 0 amide bonds. The molecule has 94 valence electrons. The van der Waals surface area contributed by atoms with E-state index in [1.54, 1.807) is 22.8 Å². The van der Waals surface area contributed by atoms with Crippen LogP contribution in [0.4, 0.5) is 5.95 Å². The Morgan fingerprint density at radius 1 is 1.05 bits per heavy atom. The Morgan fingerprint density at radius 2 is 1.84 bits per heavy atom. The standard InChI is InChI=1S/C13H12BN3O2/c15-13-16-11-6-1-2-7-12(11)17(13)10-5-3-4-9(8-10)14(18)19/h1-8,18-19H,(H2,15,16). The van der Waals surface area contributed by atoms with E-state index in [2.05, 4.69) is 4.98 Å². The van der Waals surface area contributed by atoms with E-state index in [9.17, 15) is 10.0 Å². The number of hydrogen-bond acceptors (Lipinski definition) is 4. The molecule has 0 aliphatic heterocycles. The highest BCUT2D eigenvalue weighted by Gasteiger charge is 2.14. The van der Waals surface area contributed by atoms with Crippen LogP contribution in [-0.2, 0) is 0 Å². The number of nitrogen functional groups attached to an aromatic ring is 1. The highest BCUT2D eigenvalue weighted by atomic mass is 16.4. The van der Waals surface area contributed by atoms with Crippen molar-refractivity contribution in [1.82, 2.24) is 9.55 Å². The predicted molar refractivity (Wildman–Crippen MR) is 75.3 cm³/mol. The zero-order valence-corrected chi connectivity index (χ0v) is 10.1. The molecule has 0 saturated carbocycles. The zero-order valence-electron chi connectivity index (χ0n) is 10.1. The quantitative estimate of drug-likeness (QED) is 0.573. The van der Waals surface area contributed by atoms with Crippen molar-refractivity contribution in [2.45, 2.75) is 0 Å². The SMILES string of the molecule is Nc1nc2ccccc2n1-c1cccc(B(O)O)c1. The van der Waals surface area contributed by atoms with Gasteiger partial charge in [-0.05, 0) is 29.7 Å². The lowest BCUT2D eigenvalue weighted by Crippen LogP contribution is -2.29. The Balaban J connectivity index is 2.24. The van der Waals surface area contributed by atoms with Crippen LogP contribution in [0.15, 0.2) is 48.5 Å². The second kappa shape index (κ2) is 4.42. The maximum Gasteiger partial charge on any atom is 0.488 e. The summed E-state index contributed by atoms with van der Waals surface area (Å²) in [6.07, 6.45) is 0. The molecule has 0 spiro atoms. The van der Waals surface area contributed by atoms with E-state index < -0.39 is 7.12 Å². The Hall–Kier alpha value is -2.31. The van der Waals surface area contributed by atoms with Gasteiger partial charge in [0.25, 0.3) is 0 Å². The second-order valence-corrected chi connectivity index (χ2v) is 4.26. The van der Waals surface area contributed by atoms with Gasteiger partial charge < -0.3 is 15.8 Å². The number of rotatable bonds is 2. The number of nitrogens with two attached hydrogens (primary N) is 1. The van der Waals surface area contributed by atoms with E-state index in [0.717, 1.165) is 16.7 Å². The molecule has 0 aliphatic rings. The van der Waals surface area contributed by atoms with Crippen LogP contribution in [0.1, 0.15) is 0 Å². The molecule has 0 fully saturated rings. The Morgan fingerprint density at radius 3 is 2.63 bits per heavy atom. The molecule has 3 rings (SSSR count). The molecular weight excluding hydrogens is 241 g/mol. The summed E-state index contributed by atoms with van der Waals surface area (Å²) in [7, 11) is -1.50. The van der Waals surface area contributed by atoms with Crippen molar-refractivity contribution in [1.29, 1.82) is 0 Å². The van der Waals surface area contributed by atoms with Crippen LogP contribution >= 0.6 is 0 Å². The van der Waals surface area contributed by atoms with Crippen LogP contribution < -0.4 is 11.2 Å². The number of fused-ring (bicyclic) bond motifs is 1. The summed E-state index contributed by atoms with van der Waals surface area (Å²) in [4.78, 5) is 4.28. The number of nitrogens with zero attached hydrogens (tertiary/aromatic N) is 2. The van der Waals surface area contributed by atoms with E-state index in [1.165, 1.54) is 0 Å². The number of anilines is 1. The molecule has 4 N–H and O–H groups in total. The third-order valence-electron chi connectivity index (χ3n) is 3.01. The Labute approximate surface area is 110 Å². The zero-order chi connectivity index (χ0) is 13.4. The average molecular weight is 253 g/mol. The molecular formula is C13H12BN3O2. The fraction of sp³-hybridized carbons (Fsp3) is 0. The maximum absolute atomic E-state index is 9.23. The van der Waals surface area contributed by atoms with Gasteiger partial charge in [0.15, 0.2) is 0 Å². The van der Waals surface area contributed by atoms with Gasteiger partial charge in [0.1, 0.15) is 0 Å². The molecule has 2 aromatic carbocycles. The van der Waals surface area contributed by atoms with Crippen molar-refractivity contribution in [3.8, 4) is 5.69 Å². The fourth-order valence-corrected chi connectivity index (χ4v) is 2.14. The molecule has 1 aromatic heterocycles. The Bertz CT molecular complexity index is 740. The average Bonchev–Trinajstić information content (AvgIpc) is 2.74. The lowest BCUT2D eigenvalue weighted by molar-refractivity contribution is 0.426. The lowest BCUT2D eigenvalue weighted by atomic mass is 9.80. The molecule has 0 saturated heterocycles. The molecule has 0 unspecified atom stereocenters. The molecule has 0 aliphatic carbocycles. The van der Waals surface area contributed by atoms with E-state index in [1.807, 2.05) is 30.3 Å². The van der Waals surface area contributed by atoms with Gasteiger partial charge in [-0.25, -0.2) is 4.98 Å². The number of aromatic nitrogens is 2. The smallest absolute Gasteiger partial charge is 0.423 e. The highest BCUT2D eigenvalue weighted by Crippen LogP contribution is 2.21. The van der Waals surface area contributed by atoms with Gasteiger partial charge in [-0.1, -0.05) is 24.3 Å². The van der Waals surface area contributed by atoms with Crippen LogP contribution in [0.2, 0.25) is 0 Å². The molecule has 6 heteroatoms. The van der Waals surface area contributed by atoms with Crippen LogP contribution in [-0.4, -0.2) is 26.7 Å². The van der Waals surface area contributed by atoms with Crippen LogP contribution in [0.25, 0.3) is 16.7 Å². The van der Waals surface area contributed by atoms with Crippen molar-refractivity contribution in [3.63, 3.8) is 0 Å². The first-order chi connectivity index (χ1) is 9.16. The van der Waals surface area contributed by atoms with Gasteiger partial charge in [0, 0.05) is 5.69 Å². The number of hydrogen-bond donors (Lipinski definition) is 3. The number of benzene rings is 2. The van der Waals surface area contributed by atoms with Crippen molar-refractivity contribution in [2.75, 3.05) is 5.73 Å². The molecule has 5 nitrogen and oxygen atoms in total. The summed E-state index contributed by atoms with van der Waals surface area (Å²) < 4.78 is 1.78. The minimum absolute atomic E-state index is 0.366. The summed E-state index contributed by atoms with van der Waals surface area (Å²) in [6.45, 7) is 0. The summed E-state index contributed by atoms with van der Waals surface area (Å²) in [5, 5.41) is 18.5. The van der Waals surface area contributed by atoms with Gasteiger partial charge in [-0.3, -0.25) is 4.57 Å². The largest absolute Gasteiger partial charge is 0.488 e. The monoisotopic (exact) mass is 253 g/mol. The molecule has 0 radical (unpaired) electrons. The first-order valence-electron chi connectivity index (χ1n) is 5.86. The van der Waals surface area contributed by atoms with Crippen LogP contribution in [0, 0.1) is 0 Å². The summed E-state index contributed by atoms with van der Waals surface area (Å²) in [5.74, 6) is 0.366. The maximum atomic E-state index is 9.23. The van der Waals surface area contributed by atoms with E-state index in [4.69, 9.17) is 5.73 Å². The summed E-state index contributed by atoms with van der Waals surface area (Å²) in [5.41, 5.74) is 8.78. The lowest BCUT2D eigenvalue weighted by Gasteiger charge is -2.08. The third-order valence-corrected chi connectivity index (χ3v) is 3.01. The number of para-hydroxylation sites is 2. The summed E-state index contributed by atoms with van der Waals surface area (Å²) >= 11 is 0. The minimum Gasteiger partial charge on any atom is -0.423 e. The molecule has 0 bridgehead atoms. The third kappa shape index (κ3) is 1.97. The van der Waals surface area contributed by atoms with Crippen LogP contribution in [0.3, 0.4) is 0 Å². The number of imidazole rings is 1. The minimum atomic E-state index is -1.50. The van der Waals surface area contributed by atoms with E-state index >= 15 is 0 Å². The van der Waals surface area contributed by atoms with Gasteiger partial charge >= 0.3 is 7.12 Å². The van der Waals surface area contributed by atoms with Crippen molar-refractivity contribution in [3.05, 3.63) is 48.5 Å². The fourth-order valence-electron chi connectivity index (χ4n) is 2.14. The first-order valence-corrected chi connectivity index (χ1v) is 5.86. The molecule has 19 heavy (non-hydrogen) atoms. The van der Waals surface area contributed by atoms with Gasteiger partial charge in [-0.2, -0.15) is 0 Å². The van der Waals surface area contributed by atoms with Crippen LogP contribution in [0.5, 0.6) is 0 Å². The van der Waals surface area contributed by atoms with E-state index in [-0.39, 0.29) is 0 Å². The first kappa shape index (κ1) is 11.8. The molecule has 3 aromatic rings. The molecule has 0 atom stereocenters.